The van der Waals surface area contributed by atoms with E-state index in [4.69, 9.17) is 12.2 Å². The first-order valence-electron chi connectivity index (χ1n) is 8.92. The number of hydrogen-bond acceptors (Lipinski definition) is 2. The van der Waals surface area contributed by atoms with Crippen LogP contribution in [0, 0.1) is 0 Å². The van der Waals surface area contributed by atoms with Crippen LogP contribution in [0.3, 0.4) is 0 Å². The van der Waals surface area contributed by atoms with Gasteiger partial charge in [-0.3, -0.25) is 0 Å². The number of hydrogen-bond donors (Lipinski definition) is 2. The number of nitrogens with one attached hydrogen (secondary N) is 2. The molecule has 1 saturated heterocycles. The van der Waals surface area contributed by atoms with Gasteiger partial charge in [0.25, 0.3) is 0 Å². The lowest BCUT2D eigenvalue weighted by Crippen LogP contribution is -2.31. The van der Waals surface area contributed by atoms with Crippen LogP contribution in [-0.4, -0.2) is 18.2 Å². The molecule has 0 spiro atoms. The molecular formula is C20H22F3N3S. The smallest absolute Gasteiger partial charge is 0.372 e. The van der Waals surface area contributed by atoms with E-state index in [0.29, 0.717) is 5.69 Å². The van der Waals surface area contributed by atoms with E-state index in [9.17, 15) is 13.2 Å². The van der Waals surface area contributed by atoms with Gasteiger partial charge in [-0.1, -0.05) is 18.2 Å². The van der Waals surface area contributed by atoms with Gasteiger partial charge in [0.2, 0.25) is 0 Å². The van der Waals surface area contributed by atoms with E-state index >= 15 is 0 Å². The van der Waals surface area contributed by atoms with Crippen molar-refractivity contribution in [1.29, 1.82) is 0 Å². The molecule has 1 heterocycles. The van der Waals surface area contributed by atoms with Crippen molar-refractivity contribution in [3.63, 3.8) is 0 Å². The SMILES string of the molecule is C[C@@H](NC(=S)Nc1cccc(C(F)(F)F)c1)c1ccc(N2CCCC2)cc1. The van der Waals surface area contributed by atoms with Crippen molar-refractivity contribution in [2.75, 3.05) is 23.3 Å². The molecule has 2 aromatic carbocycles. The van der Waals surface area contributed by atoms with Gasteiger partial charge in [0.15, 0.2) is 5.11 Å². The van der Waals surface area contributed by atoms with Gasteiger partial charge in [0.1, 0.15) is 0 Å². The molecular weight excluding hydrogens is 371 g/mol. The number of nitrogens with zero attached hydrogens (tertiary/aromatic N) is 1. The third-order valence-corrected chi connectivity index (χ3v) is 4.88. The van der Waals surface area contributed by atoms with Crippen molar-refractivity contribution in [3.05, 3.63) is 59.7 Å². The van der Waals surface area contributed by atoms with Crippen LogP contribution in [0.4, 0.5) is 24.5 Å². The van der Waals surface area contributed by atoms with Gasteiger partial charge in [-0.05, 0) is 67.9 Å². The molecule has 0 unspecified atom stereocenters. The Bertz CT molecular complexity index is 784. The lowest BCUT2D eigenvalue weighted by molar-refractivity contribution is -0.137. The third-order valence-electron chi connectivity index (χ3n) is 4.66. The lowest BCUT2D eigenvalue weighted by Gasteiger charge is -2.20. The molecule has 3 nitrogen and oxygen atoms in total. The zero-order valence-corrected chi connectivity index (χ0v) is 15.8. The van der Waals surface area contributed by atoms with E-state index in [1.54, 1.807) is 6.07 Å². The van der Waals surface area contributed by atoms with Crippen molar-refractivity contribution < 1.29 is 13.2 Å². The third kappa shape index (κ3) is 5.13. The maximum atomic E-state index is 12.8. The highest BCUT2D eigenvalue weighted by Gasteiger charge is 2.30. The van der Waals surface area contributed by atoms with Crippen LogP contribution in [0.2, 0.25) is 0 Å². The Hall–Kier alpha value is -2.28. The fourth-order valence-electron chi connectivity index (χ4n) is 3.17. The number of anilines is 2. The van der Waals surface area contributed by atoms with Gasteiger partial charge in [-0.2, -0.15) is 13.2 Å². The van der Waals surface area contributed by atoms with Crippen LogP contribution in [-0.2, 0) is 6.18 Å². The van der Waals surface area contributed by atoms with E-state index in [1.807, 2.05) is 6.92 Å². The summed E-state index contributed by atoms with van der Waals surface area (Å²) in [6.07, 6.45) is -1.92. The maximum absolute atomic E-state index is 12.8. The number of halogens is 3. The van der Waals surface area contributed by atoms with E-state index < -0.39 is 11.7 Å². The van der Waals surface area contributed by atoms with E-state index in [1.165, 1.54) is 24.6 Å². The summed E-state index contributed by atoms with van der Waals surface area (Å²) in [5, 5.41) is 6.22. The summed E-state index contributed by atoms with van der Waals surface area (Å²) in [4.78, 5) is 2.36. The van der Waals surface area contributed by atoms with Crippen LogP contribution >= 0.6 is 12.2 Å². The monoisotopic (exact) mass is 393 g/mol. The van der Waals surface area contributed by atoms with Gasteiger partial charge in [0, 0.05) is 24.5 Å². The molecule has 0 aliphatic carbocycles. The average Bonchev–Trinajstić information content (AvgIpc) is 3.16. The Morgan fingerprint density at radius 2 is 1.74 bits per heavy atom. The molecule has 27 heavy (non-hydrogen) atoms. The van der Waals surface area contributed by atoms with Gasteiger partial charge in [-0.15, -0.1) is 0 Å². The van der Waals surface area contributed by atoms with Gasteiger partial charge in [0.05, 0.1) is 11.6 Å². The summed E-state index contributed by atoms with van der Waals surface area (Å²) in [6.45, 7) is 4.15. The van der Waals surface area contributed by atoms with E-state index in [0.717, 1.165) is 30.8 Å². The first-order chi connectivity index (χ1) is 12.8. The van der Waals surface area contributed by atoms with Crippen molar-refractivity contribution in [2.24, 2.45) is 0 Å². The standard InChI is InChI=1S/C20H22F3N3S/c1-14(15-7-9-18(10-8-15)26-11-2-3-12-26)24-19(27)25-17-6-4-5-16(13-17)20(21,22)23/h4-10,13-14H,2-3,11-12H2,1H3,(H2,24,25,27)/t14-/m1/s1. The minimum atomic E-state index is -4.38. The molecule has 0 amide bonds. The predicted molar refractivity (Wildman–Crippen MR) is 107 cm³/mol. The second kappa shape index (κ2) is 8.17. The minimum absolute atomic E-state index is 0.0663. The van der Waals surface area contributed by atoms with Gasteiger partial charge >= 0.3 is 6.18 Å². The largest absolute Gasteiger partial charge is 0.416 e. The van der Waals surface area contributed by atoms with Gasteiger partial charge in [-0.25, -0.2) is 0 Å². The highest BCUT2D eigenvalue weighted by molar-refractivity contribution is 7.80. The quantitative estimate of drug-likeness (QED) is 0.685. The molecule has 0 bridgehead atoms. The first-order valence-corrected chi connectivity index (χ1v) is 9.33. The normalized spacial score (nSPS) is 15.5. The maximum Gasteiger partial charge on any atom is 0.416 e. The lowest BCUT2D eigenvalue weighted by atomic mass is 10.1. The summed E-state index contributed by atoms with van der Waals surface area (Å²) in [7, 11) is 0. The molecule has 0 radical (unpaired) electrons. The second-order valence-electron chi connectivity index (χ2n) is 6.68. The van der Waals surface area contributed by atoms with Crippen molar-refractivity contribution in [3.8, 4) is 0 Å². The van der Waals surface area contributed by atoms with Crippen molar-refractivity contribution in [1.82, 2.24) is 5.32 Å². The number of benzene rings is 2. The molecule has 7 heteroatoms. The molecule has 2 aromatic rings. The highest BCUT2D eigenvalue weighted by Crippen LogP contribution is 2.30. The van der Waals surface area contributed by atoms with E-state index in [-0.39, 0.29) is 11.2 Å². The van der Waals surface area contributed by atoms with Crippen LogP contribution in [0.5, 0.6) is 0 Å². The Morgan fingerprint density at radius 1 is 1.07 bits per heavy atom. The molecule has 1 fully saturated rings. The zero-order chi connectivity index (χ0) is 19.4. The molecule has 1 aliphatic heterocycles. The Kier molecular flexibility index (Phi) is 5.89. The fraction of sp³-hybridized carbons (Fsp3) is 0.350. The predicted octanol–water partition coefficient (Wildman–Crippen LogP) is 5.35. The molecule has 0 aromatic heterocycles. The summed E-state index contributed by atoms with van der Waals surface area (Å²) in [5.41, 5.74) is 1.87. The van der Waals surface area contributed by atoms with E-state index in [2.05, 4.69) is 39.8 Å². The Morgan fingerprint density at radius 3 is 2.37 bits per heavy atom. The van der Waals surface area contributed by atoms with Crippen LogP contribution < -0.4 is 15.5 Å². The first kappa shape index (κ1) is 19.5. The highest BCUT2D eigenvalue weighted by atomic mass is 32.1. The van der Waals surface area contributed by atoms with Crippen LogP contribution in [0.1, 0.15) is 36.9 Å². The zero-order valence-electron chi connectivity index (χ0n) is 15.0. The summed E-state index contributed by atoms with van der Waals surface area (Å²) < 4.78 is 38.4. The van der Waals surface area contributed by atoms with Crippen LogP contribution in [0.15, 0.2) is 48.5 Å². The second-order valence-corrected chi connectivity index (χ2v) is 7.09. The molecule has 3 rings (SSSR count). The topological polar surface area (TPSA) is 27.3 Å². The molecule has 0 saturated carbocycles. The number of rotatable bonds is 4. The van der Waals surface area contributed by atoms with Crippen molar-refractivity contribution >= 4 is 28.7 Å². The fourth-order valence-corrected chi connectivity index (χ4v) is 3.46. The van der Waals surface area contributed by atoms with Crippen molar-refractivity contribution in [2.45, 2.75) is 32.0 Å². The molecule has 1 atom stereocenters. The summed E-state index contributed by atoms with van der Waals surface area (Å²) in [6, 6.07) is 13.2. The van der Waals surface area contributed by atoms with Gasteiger partial charge < -0.3 is 15.5 Å². The Balaban J connectivity index is 1.59. The molecule has 2 N–H and O–H groups in total. The summed E-state index contributed by atoms with van der Waals surface area (Å²) in [5.74, 6) is 0. The number of thiocarbonyl (C=S) groups is 1. The van der Waals surface area contributed by atoms with Crippen LogP contribution in [0.25, 0.3) is 0 Å². The molecule has 144 valence electrons. The Labute approximate surface area is 162 Å². The minimum Gasteiger partial charge on any atom is -0.372 e. The average molecular weight is 393 g/mol. The molecule has 1 aliphatic rings. The summed E-state index contributed by atoms with van der Waals surface area (Å²) >= 11 is 5.25. The number of alkyl halides is 3.